The molecular weight excluding hydrogens is 293 g/mol. The highest BCUT2D eigenvalue weighted by Gasteiger charge is 2.31. The fourth-order valence-corrected chi connectivity index (χ4v) is 4.30. The van der Waals surface area contributed by atoms with Gasteiger partial charge in [0.25, 0.3) is 0 Å². The monoisotopic (exact) mass is 315 g/mol. The molecule has 1 aliphatic rings. The van der Waals surface area contributed by atoms with Crippen molar-refractivity contribution >= 4 is 10.0 Å². The van der Waals surface area contributed by atoms with E-state index < -0.39 is 15.8 Å². The third kappa shape index (κ3) is 3.42. The smallest absolute Gasteiger partial charge is 0.243 e. The highest BCUT2D eigenvalue weighted by molar-refractivity contribution is 7.89. The van der Waals surface area contributed by atoms with Crippen molar-refractivity contribution in [2.45, 2.75) is 30.3 Å². The number of likely N-dealkylation sites (tertiary alicyclic amines) is 1. The van der Waals surface area contributed by atoms with Crippen molar-refractivity contribution in [2.75, 3.05) is 27.2 Å². The van der Waals surface area contributed by atoms with E-state index in [0.717, 1.165) is 32.0 Å². The van der Waals surface area contributed by atoms with Crippen LogP contribution in [-0.2, 0) is 16.6 Å². The number of benzene rings is 1. The van der Waals surface area contributed by atoms with E-state index in [2.05, 4.69) is 4.90 Å². The van der Waals surface area contributed by atoms with Gasteiger partial charge in [-0.05, 0) is 50.7 Å². The van der Waals surface area contributed by atoms with Crippen molar-refractivity contribution in [1.82, 2.24) is 9.21 Å². The number of rotatable bonds is 4. The van der Waals surface area contributed by atoms with Gasteiger partial charge in [0.2, 0.25) is 10.0 Å². The Morgan fingerprint density at radius 1 is 1.38 bits per heavy atom. The first-order chi connectivity index (χ1) is 9.86. The Morgan fingerprint density at radius 3 is 2.57 bits per heavy atom. The highest BCUT2D eigenvalue weighted by atomic mass is 32.2. The van der Waals surface area contributed by atoms with Gasteiger partial charge in [-0.25, -0.2) is 12.8 Å². The number of hydrogen-bond acceptors (Lipinski definition) is 4. The molecule has 0 unspecified atom stereocenters. The summed E-state index contributed by atoms with van der Waals surface area (Å²) in [5, 5.41) is 0. The van der Waals surface area contributed by atoms with Gasteiger partial charge in [-0.15, -0.1) is 0 Å². The predicted octanol–water partition coefficient (Wildman–Crippen LogP) is 0.999. The molecule has 1 saturated heterocycles. The summed E-state index contributed by atoms with van der Waals surface area (Å²) >= 11 is 0. The number of halogens is 1. The Bertz CT molecular complexity index is 598. The van der Waals surface area contributed by atoms with Crippen LogP contribution in [0.3, 0.4) is 0 Å². The van der Waals surface area contributed by atoms with E-state index in [1.165, 1.54) is 16.4 Å². The summed E-state index contributed by atoms with van der Waals surface area (Å²) in [7, 11) is -0.143. The minimum atomic E-state index is -3.73. The average Bonchev–Trinajstić information content (AvgIpc) is 2.47. The quantitative estimate of drug-likeness (QED) is 0.900. The molecule has 1 fully saturated rings. The van der Waals surface area contributed by atoms with Gasteiger partial charge >= 0.3 is 0 Å². The van der Waals surface area contributed by atoms with E-state index in [1.54, 1.807) is 7.05 Å². The van der Waals surface area contributed by atoms with Gasteiger partial charge in [0.1, 0.15) is 5.82 Å². The predicted molar refractivity (Wildman–Crippen MR) is 79.8 cm³/mol. The van der Waals surface area contributed by atoms with Crippen LogP contribution >= 0.6 is 0 Å². The van der Waals surface area contributed by atoms with Crippen molar-refractivity contribution in [3.63, 3.8) is 0 Å². The molecule has 0 radical (unpaired) electrons. The molecule has 1 aromatic carbocycles. The SMILES string of the molecule is CN1CCC(N(C)S(=O)(=O)c2cc(F)ccc2CN)CC1. The molecule has 1 aliphatic heterocycles. The van der Waals surface area contributed by atoms with Gasteiger partial charge in [-0.2, -0.15) is 4.31 Å². The second-order valence-corrected chi connectivity index (χ2v) is 7.48. The first kappa shape index (κ1) is 16.4. The molecule has 5 nitrogen and oxygen atoms in total. The maximum absolute atomic E-state index is 13.4. The van der Waals surface area contributed by atoms with Crippen molar-refractivity contribution in [2.24, 2.45) is 5.73 Å². The summed E-state index contributed by atoms with van der Waals surface area (Å²) in [6, 6.07) is 3.67. The second kappa shape index (κ2) is 6.39. The molecule has 0 atom stereocenters. The molecule has 0 spiro atoms. The van der Waals surface area contributed by atoms with Gasteiger partial charge < -0.3 is 10.6 Å². The van der Waals surface area contributed by atoms with Crippen LogP contribution in [0, 0.1) is 5.82 Å². The molecule has 2 N–H and O–H groups in total. The number of nitrogens with zero attached hydrogens (tertiary/aromatic N) is 2. The molecule has 1 heterocycles. The van der Waals surface area contributed by atoms with Gasteiger partial charge in [-0.1, -0.05) is 6.07 Å². The van der Waals surface area contributed by atoms with Crippen molar-refractivity contribution < 1.29 is 12.8 Å². The van der Waals surface area contributed by atoms with E-state index in [9.17, 15) is 12.8 Å². The van der Waals surface area contributed by atoms with E-state index in [1.807, 2.05) is 7.05 Å². The fraction of sp³-hybridized carbons (Fsp3) is 0.571. The first-order valence-electron chi connectivity index (χ1n) is 7.01. The minimum Gasteiger partial charge on any atom is -0.326 e. The van der Waals surface area contributed by atoms with E-state index in [0.29, 0.717) is 5.56 Å². The normalized spacial score (nSPS) is 18.3. The summed E-state index contributed by atoms with van der Waals surface area (Å²) in [5.74, 6) is -0.567. The zero-order valence-electron chi connectivity index (χ0n) is 12.4. The molecule has 0 amide bonds. The lowest BCUT2D eigenvalue weighted by Gasteiger charge is -2.34. The lowest BCUT2D eigenvalue weighted by molar-refractivity contribution is 0.197. The van der Waals surface area contributed by atoms with Crippen LogP contribution in [0.1, 0.15) is 18.4 Å². The fourth-order valence-electron chi connectivity index (χ4n) is 2.65. The van der Waals surface area contributed by atoms with Crippen LogP contribution in [-0.4, -0.2) is 50.8 Å². The molecule has 0 aromatic heterocycles. The maximum atomic E-state index is 13.4. The zero-order valence-corrected chi connectivity index (χ0v) is 13.2. The Balaban J connectivity index is 2.31. The van der Waals surface area contributed by atoms with E-state index in [-0.39, 0.29) is 17.5 Å². The summed E-state index contributed by atoms with van der Waals surface area (Å²) < 4.78 is 40.3. The summed E-state index contributed by atoms with van der Waals surface area (Å²) in [5.41, 5.74) is 6.02. The summed E-state index contributed by atoms with van der Waals surface area (Å²) in [6.07, 6.45) is 1.55. The molecule has 21 heavy (non-hydrogen) atoms. The number of piperidine rings is 1. The number of hydrogen-bond donors (Lipinski definition) is 1. The Kier molecular flexibility index (Phi) is 4.98. The molecule has 0 bridgehead atoms. The Hall–Kier alpha value is -1.02. The summed E-state index contributed by atoms with van der Waals surface area (Å²) in [4.78, 5) is 2.15. The lowest BCUT2D eigenvalue weighted by Crippen LogP contribution is -2.44. The standard InChI is InChI=1S/C14H22FN3O2S/c1-17-7-5-13(6-8-17)18(2)21(19,20)14-9-12(15)4-3-11(14)10-16/h3-4,9,13H,5-8,10,16H2,1-2H3. The van der Waals surface area contributed by atoms with Crippen molar-refractivity contribution in [3.05, 3.63) is 29.6 Å². The van der Waals surface area contributed by atoms with Crippen LogP contribution in [0.5, 0.6) is 0 Å². The van der Waals surface area contributed by atoms with Gasteiger partial charge in [0.05, 0.1) is 4.90 Å². The van der Waals surface area contributed by atoms with Crippen LogP contribution in [0.15, 0.2) is 23.1 Å². The molecule has 1 aromatic rings. The minimum absolute atomic E-state index is 0.0218. The van der Waals surface area contributed by atoms with Crippen LogP contribution < -0.4 is 5.73 Å². The Labute approximate surface area is 125 Å². The van der Waals surface area contributed by atoms with Gasteiger partial charge in [0.15, 0.2) is 0 Å². The van der Waals surface area contributed by atoms with Crippen LogP contribution in [0.2, 0.25) is 0 Å². The lowest BCUT2D eigenvalue weighted by atomic mass is 10.1. The summed E-state index contributed by atoms with van der Waals surface area (Å²) in [6.45, 7) is 1.78. The second-order valence-electron chi connectivity index (χ2n) is 5.51. The Morgan fingerprint density at radius 2 is 2.00 bits per heavy atom. The molecular formula is C14H22FN3O2S. The topological polar surface area (TPSA) is 66.6 Å². The molecule has 0 saturated carbocycles. The highest BCUT2D eigenvalue weighted by Crippen LogP contribution is 2.25. The zero-order chi connectivity index (χ0) is 15.6. The largest absolute Gasteiger partial charge is 0.326 e. The van der Waals surface area contributed by atoms with E-state index in [4.69, 9.17) is 5.73 Å². The van der Waals surface area contributed by atoms with Gasteiger partial charge in [0, 0.05) is 19.6 Å². The van der Waals surface area contributed by atoms with Crippen LogP contribution in [0.25, 0.3) is 0 Å². The third-order valence-corrected chi connectivity index (χ3v) is 6.10. The molecule has 2 rings (SSSR count). The van der Waals surface area contributed by atoms with E-state index >= 15 is 0 Å². The molecule has 118 valence electrons. The van der Waals surface area contributed by atoms with Crippen molar-refractivity contribution in [3.8, 4) is 0 Å². The molecule has 0 aliphatic carbocycles. The maximum Gasteiger partial charge on any atom is 0.243 e. The number of nitrogens with two attached hydrogens (primary N) is 1. The van der Waals surface area contributed by atoms with Crippen molar-refractivity contribution in [1.29, 1.82) is 0 Å². The third-order valence-electron chi connectivity index (χ3n) is 4.11. The average molecular weight is 315 g/mol. The van der Waals surface area contributed by atoms with Crippen LogP contribution in [0.4, 0.5) is 4.39 Å². The number of sulfonamides is 1. The van der Waals surface area contributed by atoms with Gasteiger partial charge in [-0.3, -0.25) is 0 Å². The first-order valence-corrected chi connectivity index (χ1v) is 8.45. The molecule has 7 heteroatoms.